The van der Waals surface area contributed by atoms with Gasteiger partial charge in [0, 0.05) is 6.04 Å². The van der Waals surface area contributed by atoms with Crippen molar-refractivity contribution in [2.24, 2.45) is 11.7 Å². The number of carbonyl (C=O) groups is 1. The molecule has 0 spiro atoms. The minimum atomic E-state index is -0.680. The molecular formula is C16H23FN2O2. The summed E-state index contributed by atoms with van der Waals surface area (Å²) in [6.07, 6.45) is 2.88. The highest BCUT2D eigenvalue weighted by Crippen LogP contribution is 2.25. The second kappa shape index (κ2) is 7.41. The zero-order valence-electron chi connectivity index (χ0n) is 12.3. The van der Waals surface area contributed by atoms with E-state index in [0.717, 1.165) is 19.3 Å². The first-order valence-corrected chi connectivity index (χ1v) is 7.57. The fourth-order valence-corrected chi connectivity index (χ4v) is 2.80. The first kappa shape index (κ1) is 15.8. The summed E-state index contributed by atoms with van der Waals surface area (Å²) >= 11 is 0. The number of halogens is 1. The van der Waals surface area contributed by atoms with Crippen LogP contribution in [0.25, 0.3) is 0 Å². The van der Waals surface area contributed by atoms with Gasteiger partial charge in [0.25, 0.3) is 5.91 Å². The highest BCUT2D eigenvalue weighted by molar-refractivity contribution is 5.81. The molecule has 0 radical (unpaired) electrons. The summed E-state index contributed by atoms with van der Waals surface area (Å²) in [6, 6.07) is 6.24. The average molecular weight is 294 g/mol. The molecular weight excluding hydrogens is 271 g/mol. The molecule has 2 rings (SSSR count). The lowest BCUT2D eigenvalue weighted by atomic mass is 10.0. The fourth-order valence-electron chi connectivity index (χ4n) is 2.80. The molecule has 0 aromatic heterocycles. The number of nitrogens with one attached hydrogen (secondary N) is 1. The predicted molar refractivity (Wildman–Crippen MR) is 79.4 cm³/mol. The molecule has 3 N–H and O–H groups in total. The van der Waals surface area contributed by atoms with Crippen molar-refractivity contribution in [3.8, 4) is 5.75 Å². The van der Waals surface area contributed by atoms with Gasteiger partial charge in [0.05, 0.1) is 0 Å². The highest BCUT2D eigenvalue weighted by Gasteiger charge is 2.30. The predicted octanol–water partition coefficient (Wildman–Crippen LogP) is 2.23. The van der Waals surface area contributed by atoms with Gasteiger partial charge in [-0.25, -0.2) is 4.39 Å². The summed E-state index contributed by atoms with van der Waals surface area (Å²) in [7, 11) is 0. The number of amides is 1. The molecule has 1 saturated carbocycles. The molecule has 5 heteroatoms. The Hall–Kier alpha value is -1.62. The third kappa shape index (κ3) is 3.94. The lowest BCUT2D eigenvalue weighted by molar-refractivity contribution is -0.129. The number of nitrogens with two attached hydrogens (primary N) is 1. The Labute approximate surface area is 124 Å². The number of rotatable bonds is 6. The molecule has 3 unspecified atom stereocenters. The smallest absolute Gasteiger partial charge is 0.261 e. The molecule has 1 fully saturated rings. The molecule has 1 amide bonds. The van der Waals surface area contributed by atoms with Crippen molar-refractivity contribution in [2.45, 2.75) is 44.8 Å². The minimum absolute atomic E-state index is 0.112. The van der Waals surface area contributed by atoms with Gasteiger partial charge in [0.15, 0.2) is 17.7 Å². The molecule has 1 aromatic carbocycles. The van der Waals surface area contributed by atoms with Crippen LogP contribution in [0.5, 0.6) is 5.75 Å². The van der Waals surface area contributed by atoms with Gasteiger partial charge < -0.3 is 15.8 Å². The number of benzene rings is 1. The number of ether oxygens (including phenoxy) is 1. The van der Waals surface area contributed by atoms with E-state index in [1.54, 1.807) is 12.1 Å². The van der Waals surface area contributed by atoms with Gasteiger partial charge in [-0.1, -0.05) is 25.5 Å². The standard InChI is InChI=1S/C16H23FN2O2/c1-2-14(21-15-9-4-3-7-12(15)17)16(20)19-13-8-5-6-11(13)10-18/h3-4,7,9,11,13-14H,2,5-6,8,10,18H2,1H3,(H,19,20). The van der Waals surface area contributed by atoms with E-state index in [1.165, 1.54) is 12.1 Å². The fraction of sp³-hybridized carbons (Fsp3) is 0.562. The van der Waals surface area contributed by atoms with Crippen LogP contribution in [-0.4, -0.2) is 24.6 Å². The van der Waals surface area contributed by atoms with Crippen LogP contribution in [0.15, 0.2) is 24.3 Å². The molecule has 21 heavy (non-hydrogen) atoms. The van der Waals surface area contributed by atoms with Crippen molar-refractivity contribution in [2.75, 3.05) is 6.54 Å². The maximum Gasteiger partial charge on any atom is 0.261 e. The lowest BCUT2D eigenvalue weighted by Crippen LogP contribution is -2.46. The first-order valence-electron chi connectivity index (χ1n) is 7.57. The summed E-state index contributed by atoms with van der Waals surface area (Å²) in [4.78, 5) is 12.3. The second-order valence-electron chi connectivity index (χ2n) is 5.49. The van der Waals surface area contributed by atoms with Crippen molar-refractivity contribution >= 4 is 5.91 Å². The third-order valence-corrected chi connectivity index (χ3v) is 4.06. The maximum atomic E-state index is 13.6. The van der Waals surface area contributed by atoms with Crippen molar-refractivity contribution in [1.29, 1.82) is 0 Å². The van der Waals surface area contributed by atoms with E-state index < -0.39 is 11.9 Å². The van der Waals surface area contributed by atoms with E-state index in [1.807, 2.05) is 6.92 Å². The van der Waals surface area contributed by atoms with Crippen molar-refractivity contribution in [3.63, 3.8) is 0 Å². The molecule has 1 aromatic rings. The molecule has 4 nitrogen and oxygen atoms in total. The van der Waals surface area contributed by atoms with Crippen LogP contribution in [0.1, 0.15) is 32.6 Å². The highest BCUT2D eigenvalue weighted by atomic mass is 19.1. The largest absolute Gasteiger partial charge is 0.478 e. The summed E-state index contributed by atoms with van der Waals surface area (Å²) < 4.78 is 19.1. The van der Waals surface area contributed by atoms with Crippen molar-refractivity contribution < 1.29 is 13.9 Å². The molecule has 0 bridgehead atoms. The van der Waals surface area contributed by atoms with E-state index in [4.69, 9.17) is 10.5 Å². The minimum Gasteiger partial charge on any atom is -0.478 e. The quantitative estimate of drug-likeness (QED) is 0.845. The molecule has 116 valence electrons. The van der Waals surface area contributed by atoms with Gasteiger partial charge in [-0.2, -0.15) is 0 Å². The lowest BCUT2D eigenvalue weighted by Gasteiger charge is -2.23. The molecule has 0 saturated heterocycles. The Morgan fingerprint density at radius 1 is 1.48 bits per heavy atom. The van der Waals surface area contributed by atoms with E-state index >= 15 is 0 Å². The topological polar surface area (TPSA) is 64.3 Å². The molecule has 1 aliphatic carbocycles. The van der Waals surface area contributed by atoms with E-state index in [2.05, 4.69) is 5.32 Å². The number of hydrogen-bond acceptors (Lipinski definition) is 3. The average Bonchev–Trinajstić information content (AvgIpc) is 2.93. The van der Waals surface area contributed by atoms with Gasteiger partial charge >= 0.3 is 0 Å². The molecule has 1 aliphatic rings. The SMILES string of the molecule is CCC(Oc1ccccc1F)C(=O)NC1CCCC1CN. The molecule has 0 aliphatic heterocycles. The van der Waals surface area contributed by atoms with Gasteiger partial charge in [-0.3, -0.25) is 4.79 Å². The van der Waals surface area contributed by atoms with Crippen LogP contribution in [-0.2, 0) is 4.79 Å². The van der Waals surface area contributed by atoms with Crippen LogP contribution in [0, 0.1) is 11.7 Å². The van der Waals surface area contributed by atoms with Crippen LogP contribution in [0.4, 0.5) is 4.39 Å². The van der Waals surface area contributed by atoms with Crippen molar-refractivity contribution in [1.82, 2.24) is 5.32 Å². The number of para-hydroxylation sites is 1. The van der Waals surface area contributed by atoms with Crippen LogP contribution in [0.3, 0.4) is 0 Å². The van der Waals surface area contributed by atoms with Crippen LogP contribution in [0.2, 0.25) is 0 Å². The van der Waals surface area contributed by atoms with Crippen LogP contribution >= 0.6 is 0 Å². The third-order valence-electron chi connectivity index (χ3n) is 4.06. The Balaban J connectivity index is 1.97. The summed E-state index contributed by atoms with van der Waals surface area (Å²) in [5, 5.41) is 3.00. The zero-order valence-corrected chi connectivity index (χ0v) is 12.3. The van der Waals surface area contributed by atoms with E-state index in [0.29, 0.717) is 18.9 Å². The Kier molecular flexibility index (Phi) is 5.56. The Morgan fingerprint density at radius 3 is 2.90 bits per heavy atom. The van der Waals surface area contributed by atoms with Gasteiger partial charge in [-0.05, 0) is 43.9 Å². The Bertz CT molecular complexity index is 481. The van der Waals surface area contributed by atoms with Crippen LogP contribution < -0.4 is 15.8 Å². The Morgan fingerprint density at radius 2 is 2.24 bits per heavy atom. The summed E-state index contributed by atoms with van der Waals surface area (Å²) in [5.41, 5.74) is 5.72. The number of hydrogen-bond donors (Lipinski definition) is 2. The maximum absolute atomic E-state index is 13.6. The summed E-state index contributed by atoms with van der Waals surface area (Å²) in [6.45, 7) is 2.43. The second-order valence-corrected chi connectivity index (χ2v) is 5.49. The summed E-state index contributed by atoms with van der Waals surface area (Å²) in [5.74, 6) is -0.197. The normalized spacial score (nSPS) is 22.8. The molecule has 0 heterocycles. The number of carbonyl (C=O) groups excluding carboxylic acids is 1. The first-order chi connectivity index (χ1) is 10.2. The molecule has 3 atom stereocenters. The van der Waals surface area contributed by atoms with Crippen molar-refractivity contribution in [3.05, 3.63) is 30.1 Å². The monoisotopic (exact) mass is 294 g/mol. The van der Waals surface area contributed by atoms with Gasteiger partial charge in [-0.15, -0.1) is 0 Å². The van der Waals surface area contributed by atoms with E-state index in [-0.39, 0.29) is 17.7 Å². The van der Waals surface area contributed by atoms with Gasteiger partial charge in [0.2, 0.25) is 0 Å². The van der Waals surface area contributed by atoms with Gasteiger partial charge in [0.1, 0.15) is 0 Å². The van der Waals surface area contributed by atoms with E-state index in [9.17, 15) is 9.18 Å². The zero-order chi connectivity index (χ0) is 15.2.